The number of nitrogens with one attached hydrogen (secondary N) is 1. The molecule has 0 aliphatic carbocycles. The van der Waals surface area contributed by atoms with E-state index in [4.69, 9.17) is 0 Å². The van der Waals surface area contributed by atoms with Crippen molar-refractivity contribution >= 4 is 16.6 Å². The molecule has 0 unspecified atom stereocenters. The van der Waals surface area contributed by atoms with Gasteiger partial charge in [0.1, 0.15) is 5.82 Å². The third kappa shape index (κ3) is 2.08. The van der Waals surface area contributed by atoms with Crippen molar-refractivity contribution in [2.24, 2.45) is 0 Å². The van der Waals surface area contributed by atoms with Gasteiger partial charge in [0.15, 0.2) is 0 Å². The normalized spacial score (nSPS) is 10.6. The van der Waals surface area contributed by atoms with Crippen LogP contribution in [0.2, 0.25) is 0 Å². The predicted octanol–water partition coefficient (Wildman–Crippen LogP) is 2.58. The molecule has 0 saturated heterocycles. The minimum absolute atomic E-state index is 0.0908. The van der Waals surface area contributed by atoms with E-state index in [1.165, 1.54) is 4.68 Å². The Morgan fingerprint density at radius 1 is 1.00 bits per heavy atom. The Balaban J connectivity index is 2.16. The third-order valence-corrected chi connectivity index (χ3v) is 2.96. The maximum Gasteiger partial charge on any atom is 0.280 e. The van der Waals surface area contributed by atoms with Gasteiger partial charge in [0.05, 0.1) is 16.6 Å². The molecule has 0 aliphatic rings. The lowest BCUT2D eigenvalue weighted by molar-refractivity contribution is 0.825. The zero-order valence-corrected chi connectivity index (χ0v) is 10.5. The molecule has 0 radical (unpaired) electrons. The molecule has 3 aromatic rings. The van der Waals surface area contributed by atoms with Crippen molar-refractivity contribution in [3.05, 3.63) is 70.8 Å². The topological polar surface area (TPSA) is 46.9 Å². The zero-order valence-electron chi connectivity index (χ0n) is 10.5. The molecule has 4 heteroatoms. The second-order valence-electron chi connectivity index (χ2n) is 4.29. The van der Waals surface area contributed by atoms with Gasteiger partial charge >= 0.3 is 0 Å². The van der Waals surface area contributed by atoms with Crippen LogP contribution in [0, 0.1) is 6.92 Å². The largest absolute Gasteiger partial charge is 0.290 e. The van der Waals surface area contributed by atoms with Crippen LogP contribution in [-0.2, 0) is 0 Å². The Bertz CT molecular complexity index is 778. The standard InChI is InChI=1S/C15H13N3O/c1-11-16-14-10-6-5-9-13(14)15(19)18(11)17-12-7-3-2-4-8-12/h2-10,17H,1H3. The first-order valence-electron chi connectivity index (χ1n) is 6.06. The Hall–Kier alpha value is -2.62. The second-order valence-corrected chi connectivity index (χ2v) is 4.29. The van der Waals surface area contributed by atoms with Gasteiger partial charge in [-0.05, 0) is 31.2 Å². The van der Waals surface area contributed by atoms with Gasteiger partial charge in [-0.1, -0.05) is 30.3 Å². The number of para-hydroxylation sites is 2. The van der Waals surface area contributed by atoms with E-state index in [0.29, 0.717) is 11.2 Å². The molecule has 19 heavy (non-hydrogen) atoms. The number of hydrogen-bond acceptors (Lipinski definition) is 3. The highest BCUT2D eigenvalue weighted by atomic mass is 16.1. The van der Waals surface area contributed by atoms with Crippen molar-refractivity contribution in [2.45, 2.75) is 6.92 Å². The van der Waals surface area contributed by atoms with Crippen LogP contribution in [0.25, 0.3) is 10.9 Å². The van der Waals surface area contributed by atoms with E-state index < -0.39 is 0 Å². The maximum absolute atomic E-state index is 12.4. The summed E-state index contributed by atoms with van der Waals surface area (Å²) in [6, 6.07) is 16.9. The molecule has 1 N–H and O–H groups in total. The van der Waals surface area contributed by atoms with Crippen LogP contribution < -0.4 is 11.0 Å². The summed E-state index contributed by atoms with van der Waals surface area (Å²) in [5.74, 6) is 0.632. The lowest BCUT2D eigenvalue weighted by atomic mass is 10.2. The molecule has 4 nitrogen and oxygen atoms in total. The number of rotatable bonds is 2. The smallest absolute Gasteiger partial charge is 0.280 e. The summed E-state index contributed by atoms with van der Waals surface area (Å²) < 4.78 is 1.47. The SMILES string of the molecule is Cc1nc2ccccc2c(=O)n1Nc1ccccc1. The first-order valence-corrected chi connectivity index (χ1v) is 6.06. The lowest BCUT2D eigenvalue weighted by Crippen LogP contribution is -2.29. The van der Waals surface area contributed by atoms with Crippen LogP contribution in [-0.4, -0.2) is 9.66 Å². The second kappa shape index (κ2) is 4.57. The van der Waals surface area contributed by atoms with Gasteiger partial charge in [-0.15, -0.1) is 0 Å². The summed E-state index contributed by atoms with van der Waals surface area (Å²) in [4.78, 5) is 16.8. The number of nitrogens with zero attached hydrogens (tertiary/aromatic N) is 2. The van der Waals surface area contributed by atoms with Gasteiger partial charge in [0.2, 0.25) is 0 Å². The highest BCUT2D eigenvalue weighted by Crippen LogP contribution is 2.09. The minimum atomic E-state index is -0.0908. The first kappa shape index (κ1) is 11.5. The van der Waals surface area contributed by atoms with Crippen molar-refractivity contribution in [1.82, 2.24) is 9.66 Å². The molecule has 0 fully saturated rings. The molecule has 0 saturated carbocycles. The van der Waals surface area contributed by atoms with E-state index in [-0.39, 0.29) is 5.56 Å². The summed E-state index contributed by atoms with van der Waals surface area (Å²) in [5.41, 5.74) is 4.55. The Labute approximate surface area is 110 Å². The number of aryl methyl sites for hydroxylation is 1. The lowest BCUT2D eigenvalue weighted by Gasteiger charge is -2.12. The van der Waals surface area contributed by atoms with Crippen LogP contribution in [0.3, 0.4) is 0 Å². The average Bonchev–Trinajstić information content (AvgIpc) is 2.45. The molecular formula is C15H13N3O. The van der Waals surface area contributed by atoms with E-state index in [1.54, 1.807) is 6.07 Å². The van der Waals surface area contributed by atoms with Gasteiger partial charge in [-0.25, -0.2) is 9.66 Å². The average molecular weight is 251 g/mol. The summed E-state index contributed by atoms with van der Waals surface area (Å²) in [6.07, 6.45) is 0. The molecule has 1 heterocycles. The van der Waals surface area contributed by atoms with Gasteiger partial charge < -0.3 is 0 Å². The number of benzene rings is 2. The summed E-state index contributed by atoms with van der Waals surface area (Å²) in [6.45, 7) is 1.81. The Morgan fingerprint density at radius 2 is 1.68 bits per heavy atom. The zero-order chi connectivity index (χ0) is 13.2. The van der Waals surface area contributed by atoms with E-state index in [2.05, 4.69) is 10.4 Å². The molecule has 0 bridgehead atoms. The predicted molar refractivity (Wildman–Crippen MR) is 76.2 cm³/mol. The fourth-order valence-corrected chi connectivity index (χ4v) is 2.02. The molecule has 0 aliphatic heterocycles. The number of anilines is 1. The Kier molecular flexibility index (Phi) is 2.76. The van der Waals surface area contributed by atoms with Crippen molar-refractivity contribution in [3.63, 3.8) is 0 Å². The van der Waals surface area contributed by atoms with Crippen LogP contribution in [0.1, 0.15) is 5.82 Å². The number of hydrogen-bond donors (Lipinski definition) is 1. The van der Waals surface area contributed by atoms with Crippen molar-refractivity contribution < 1.29 is 0 Å². The van der Waals surface area contributed by atoms with Crippen LogP contribution in [0.4, 0.5) is 5.69 Å². The molecule has 2 aromatic carbocycles. The minimum Gasteiger partial charge on any atom is -0.290 e. The number of fused-ring (bicyclic) bond motifs is 1. The fraction of sp³-hybridized carbons (Fsp3) is 0.0667. The van der Waals surface area contributed by atoms with Crippen molar-refractivity contribution in [3.8, 4) is 0 Å². The van der Waals surface area contributed by atoms with Crippen LogP contribution in [0.5, 0.6) is 0 Å². The number of aromatic nitrogens is 2. The molecule has 1 aromatic heterocycles. The van der Waals surface area contributed by atoms with Crippen LogP contribution in [0.15, 0.2) is 59.4 Å². The quantitative estimate of drug-likeness (QED) is 0.761. The van der Waals surface area contributed by atoms with E-state index in [1.807, 2.05) is 55.5 Å². The van der Waals surface area contributed by atoms with Crippen molar-refractivity contribution in [2.75, 3.05) is 5.43 Å². The highest BCUT2D eigenvalue weighted by molar-refractivity contribution is 5.77. The summed E-state index contributed by atoms with van der Waals surface area (Å²) in [7, 11) is 0. The molecule has 0 spiro atoms. The molecule has 0 atom stereocenters. The van der Waals surface area contributed by atoms with Gasteiger partial charge in [0.25, 0.3) is 5.56 Å². The monoisotopic (exact) mass is 251 g/mol. The van der Waals surface area contributed by atoms with Crippen LogP contribution >= 0.6 is 0 Å². The van der Waals surface area contributed by atoms with E-state index >= 15 is 0 Å². The fourth-order valence-electron chi connectivity index (χ4n) is 2.02. The van der Waals surface area contributed by atoms with E-state index in [0.717, 1.165) is 11.2 Å². The summed E-state index contributed by atoms with van der Waals surface area (Å²) in [5, 5.41) is 0.608. The van der Waals surface area contributed by atoms with E-state index in [9.17, 15) is 4.79 Å². The summed E-state index contributed by atoms with van der Waals surface area (Å²) >= 11 is 0. The van der Waals surface area contributed by atoms with Gasteiger partial charge in [-0.2, -0.15) is 0 Å². The first-order chi connectivity index (χ1) is 9.25. The van der Waals surface area contributed by atoms with Crippen molar-refractivity contribution in [1.29, 1.82) is 0 Å². The molecule has 3 rings (SSSR count). The highest BCUT2D eigenvalue weighted by Gasteiger charge is 2.07. The molecular weight excluding hydrogens is 238 g/mol. The van der Waals surface area contributed by atoms with Gasteiger partial charge in [-0.3, -0.25) is 10.2 Å². The third-order valence-electron chi connectivity index (χ3n) is 2.96. The van der Waals surface area contributed by atoms with Gasteiger partial charge in [0, 0.05) is 0 Å². The molecule has 0 amide bonds. The maximum atomic E-state index is 12.4. The molecule has 94 valence electrons. The Morgan fingerprint density at radius 3 is 2.47 bits per heavy atom.